The van der Waals surface area contributed by atoms with Gasteiger partial charge >= 0.3 is 0 Å². The van der Waals surface area contributed by atoms with E-state index in [2.05, 4.69) is 41.8 Å². The van der Waals surface area contributed by atoms with E-state index in [1.54, 1.807) is 0 Å². The van der Waals surface area contributed by atoms with Crippen molar-refractivity contribution in [3.05, 3.63) is 63.7 Å². The third kappa shape index (κ3) is 4.63. The predicted octanol–water partition coefficient (Wildman–Crippen LogP) is 4.29. The van der Waals surface area contributed by atoms with Crippen LogP contribution in [0.3, 0.4) is 0 Å². The molecule has 0 atom stereocenters. The first-order chi connectivity index (χ1) is 13.0. The molecule has 2 aromatic carbocycles. The fraction of sp³-hybridized carbons (Fsp3) is 0.409. The first-order valence-electron chi connectivity index (χ1n) is 9.47. The number of rotatable bonds is 5. The topological polar surface area (TPSA) is 39.6 Å². The molecule has 3 rings (SSSR count). The molecule has 0 bridgehead atoms. The van der Waals surface area contributed by atoms with E-state index in [1.807, 2.05) is 25.1 Å². The van der Waals surface area contributed by atoms with Crippen molar-refractivity contribution in [2.45, 2.75) is 20.8 Å². The van der Waals surface area contributed by atoms with Crippen molar-refractivity contribution in [2.75, 3.05) is 39.3 Å². The normalized spacial score (nSPS) is 15.0. The van der Waals surface area contributed by atoms with Crippen LogP contribution in [0.25, 0.3) is 0 Å². The van der Waals surface area contributed by atoms with Gasteiger partial charge in [0, 0.05) is 38.3 Å². The van der Waals surface area contributed by atoms with Gasteiger partial charge in [0.2, 0.25) is 0 Å². The van der Waals surface area contributed by atoms with Gasteiger partial charge in [-0.05, 0) is 43.5 Å². The highest BCUT2D eigenvalue weighted by molar-refractivity contribution is 6.34. The Balaban J connectivity index is 1.50. The summed E-state index contributed by atoms with van der Waals surface area (Å²) < 4.78 is 6.03. The van der Waals surface area contributed by atoms with Crippen LogP contribution in [0.1, 0.15) is 22.3 Å². The summed E-state index contributed by atoms with van der Waals surface area (Å²) in [5.41, 5.74) is 4.27. The van der Waals surface area contributed by atoms with Crippen molar-refractivity contribution in [1.82, 2.24) is 9.80 Å². The van der Waals surface area contributed by atoms with Crippen LogP contribution in [0.15, 0.2) is 36.4 Å². The molecule has 1 aliphatic rings. The summed E-state index contributed by atoms with van der Waals surface area (Å²) in [6.07, 6.45) is 0. The van der Waals surface area contributed by atoms with Gasteiger partial charge in [-0.1, -0.05) is 41.9 Å². The average Bonchev–Trinajstić information content (AvgIpc) is 2.64. The summed E-state index contributed by atoms with van der Waals surface area (Å²) in [7, 11) is 0. The molecular formula is C22H28ClN3O. The number of piperazine rings is 1. The van der Waals surface area contributed by atoms with E-state index in [0.717, 1.165) is 49.6 Å². The van der Waals surface area contributed by atoms with E-state index in [4.69, 9.17) is 21.7 Å². The predicted molar refractivity (Wildman–Crippen MR) is 112 cm³/mol. The van der Waals surface area contributed by atoms with Crippen LogP contribution in [0.5, 0.6) is 5.75 Å². The Morgan fingerprint density at radius 1 is 0.963 bits per heavy atom. The zero-order chi connectivity index (χ0) is 19.4. The minimum absolute atomic E-state index is 0.532. The number of amidine groups is 1. The molecule has 1 N–H and O–H groups in total. The summed E-state index contributed by atoms with van der Waals surface area (Å²) in [6.45, 7) is 11.3. The molecule has 1 fully saturated rings. The molecule has 0 unspecified atom stereocenters. The van der Waals surface area contributed by atoms with Crippen LogP contribution in [0, 0.1) is 26.2 Å². The molecule has 2 aromatic rings. The van der Waals surface area contributed by atoms with E-state index >= 15 is 0 Å². The molecule has 5 heteroatoms. The van der Waals surface area contributed by atoms with Crippen LogP contribution in [-0.4, -0.2) is 55.0 Å². The van der Waals surface area contributed by atoms with E-state index in [0.29, 0.717) is 17.5 Å². The lowest BCUT2D eigenvalue weighted by Crippen LogP contribution is -2.49. The van der Waals surface area contributed by atoms with E-state index in [1.165, 1.54) is 11.1 Å². The van der Waals surface area contributed by atoms with Crippen LogP contribution in [0.4, 0.5) is 0 Å². The Hall–Kier alpha value is -2.04. The maximum Gasteiger partial charge on any atom is 0.129 e. The Labute approximate surface area is 167 Å². The molecule has 0 amide bonds. The standard InChI is InChI=1S/C22H28ClN3O/c1-16-6-5-9-19(23)20(16)22(24)26-12-10-25(11-13-26)14-15-27-21-17(2)7-4-8-18(21)3/h4-9,24H,10-15H2,1-3H3. The van der Waals surface area contributed by atoms with Crippen molar-refractivity contribution in [1.29, 1.82) is 5.41 Å². The molecule has 0 saturated carbocycles. The minimum Gasteiger partial charge on any atom is -0.492 e. The number of ether oxygens (including phenoxy) is 1. The van der Waals surface area contributed by atoms with Gasteiger partial charge in [-0.3, -0.25) is 10.3 Å². The van der Waals surface area contributed by atoms with Crippen LogP contribution < -0.4 is 4.74 Å². The summed E-state index contributed by atoms with van der Waals surface area (Å²) in [6, 6.07) is 12.0. The number of nitrogens with one attached hydrogen (secondary N) is 1. The lowest BCUT2D eigenvalue weighted by molar-refractivity contribution is 0.153. The molecule has 144 valence electrons. The fourth-order valence-electron chi connectivity index (χ4n) is 3.59. The second kappa shape index (κ2) is 8.77. The third-order valence-corrected chi connectivity index (χ3v) is 5.52. The zero-order valence-corrected chi connectivity index (χ0v) is 17.1. The smallest absolute Gasteiger partial charge is 0.129 e. The number of hydrogen-bond acceptors (Lipinski definition) is 3. The van der Waals surface area contributed by atoms with Gasteiger partial charge < -0.3 is 9.64 Å². The Morgan fingerprint density at radius 3 is 2.19 bits per heavy atom. The first-order valence-corrected chi connectivity index (χ1v) is 9.85. The SMILES string of the molecule is Cc1cccc(C)c1OCCN1CCN(C(=N)c2c(C)cccc2Cl)CC1. The van der Waals surface area contributed by atoms with Crippen molar-refractivity contribution in [3.63, 3.8) is 0 Å². The van der Waals surface area contributed by atoms with Gasteiger partial charge in [0.25, 0.3) is 0 Å². The Morgan fingerprint density at radius 2 is 1.56 bits per heavy atom. The molecule has 0 aromatic heterocycles. The van der Waals surface area contributed by atoms with Crippen LogP contribution in [0.2, 0.25) is 5.02 Å². The third-order valence-electron chi connectivity index (χ3n) is 5.21. The highest BCUT2D eigenvalue weighted by atomic mass is 35.5. The summed E-state index contributed by atoms with van der Waals surface area (Å²) in [5, 5.41) is 9.22. The van der Waals surface area contributed by atoms with Gasteiger partial charge in [-0.25, -0.2) is 0 Å². The monoisotopic (exact) mass is 385 g/mol. The maximum absolute atomic E-state index is 8.57. The molecule has 0 radical (unpaired) electrons. The molecule has 1 aliphatic heterocycles. The first kappa shape index (κ1) is 19.7. The maximum atomic E-state index is 8.57. The number of hydrogen-bond donors (Lipinski definition) is 1. The van der Waals surface area contributed by atoms with Gasteiger partial charge in [0.1, 0.15) is 18.2 Å². The number of nitrogens with zero attached hydrogens (tertiary/aromatic N) is 2. The Bertz CT molecular complexity index is 773. The highest BCUT2D eigenvalue weighted by Crippen LogP contribution is 2.23. The molecule has 1 saturated heterocycles. The van der Waals surface area contributed by atoms with Crippen LogP contribution in [-0.2, 0) is 0 Å². The average molecular weight is 386 g/mol. The Kier molecular flexibility index (Phi) is 6.40. The van der Waals surface area contributed by atoms with Crippen molar-refractivity contribution in [2.24, 2.45) is 0 Å². The van der Waals surface area contributed by atoms with Crippen LogP contribution >= 0.6 is 11.6 Å². The lowest BCUT2D eigenvalue weighted by atomic mass is 10.1. The molecule has 0 spiro atoms. The quantitative estimate of drug-likeness (QED) is 0.616. The molecular weight excluding hydrogens is 358 g/mol. The summed E-state index contributed by atoms with van der Waals surface area (Å²) >= 11 is 6.33. The second-order valence-electron chi connectivity index (χ2n) is 7.18. The molecule has 27 heavy (non-hydrogen) atoms. The minimum atomic E-state index is 0.532. The fourth-order valence-corrected chi connectivity index (χ4v) is 3.90. The van der Waals surface area contributed by atoms with Gasteiger partial charge in [0.05, 0.1) is 5.02 Å². The number of para-hydroxylation sites is 1. The summed E-state index contributed by atoms with van der Waals surface area (Å²) in [5.74, 6) is 1.54. The van der Waals surface area contributed by atoms with E-state index in [-0.39, 0.29) is 0 Å². The van der Waals surface area contributed by atoms with Crippen molar-refractivity contribution < 1.29 is 4.74 Å². The van der Waals surface area contributed by atoms with E-state index < -0.39 is 0 Å². The molecule has 1 heterocycles. The number of aryl methyl sites for hydroxylation is 3. The number of halogens is 1. The molecule has 4 nitrogen and oxygen atoms in total. The van der Waals surface area contributed by atoms with Crippen molar-refractivity contribution >= 4 is 17.4 Å². The highest BCUT2D eigenvalue weighted by Gasteiger charge is 2.22. The van der Waals surface area contributed by atoms with Gasteiger partial charge in [-0.2, -0.15) is 0 Å². The van der Waals surface area contributed by atoms with Gasteiger partial charge in [-0.15, -0.1) is 0 Å². The second-order valence-corrected chi connectivity index (χ2v) is 7.59. The van der Waals surface area contributed by atoms with Crippen molar-refractivity contribution in [3.8, 4) is 5.75 Å². The largest absolute Gasteiger partial charge is 0.492 e. The van der Waals surface area contributed by atoms with Gasteiger partial charge in [0.15, 0.2) is 0 Å². The molecule has 0 aliphatic carbocycles. The zero-order valence-electron chi connectivity index (χ0n) is 16.4. The lowest BCUT2D eigenvalue weighted by Gasteiger charge is -2.36. The number of benzene rings is 2. The van der Waals surface area contributed by atoms with E-state index in [9.17, 15) is 0 Å². The summed E-state index contributed by atoms with van der Waals surface area (Å²) in [4.78, 5) is 4.52.